The molecule has 160 valence electrons. The Hall–Kier alpha value is -2.14. The van der Waals surface area contributed by atoms with Crippen molar-refractivity contribution in [2.75, 3.05) is 33.4 Å². The number of phenolic OH excluding ortho intramolecular Hbond substituents is 1. The Labute approximate surface area is 185 Å². The molecule has 3 aromatic rings. The number of phenols is 1. The topological polar surface area (TPSA) is 99.1 Å². The van der Waals surface area contributed by atoms with Crippen LogP contribution in [0.5, 0.6) is 5.75 Å². The number of H-pyrrole nitrogens is 1. The van der Waals surface area contributed by atoms with Crippen LogP contribution < -0.4 is 37.1 Å². The van der Waals surface area contributed by atoms with Gasteiger partial charge in [0.2, 0.25) is 0 Å². The molecule has 4 heterocycles. The molecule has 2 aromatic heterocycles. The molecule has 0 bridgehead atoms. The van der Waals surface area contributed by atoms with Gasteiger partial charge in [-0.05, 0) is 19.4 Å². The molecule has 1 unspecified atom stereocenters. The molecule has 9 heteroatoms. The molecule has 3 N–H and O–H groups in total. The van der Waals surface area contributed by atoms with Gasteiger partial charge in [0.15, 0.2) is 0 Å². The zero-order chi connectivity index (χ0) is 20.5. The van der Waals surface area contributed by atoms with Gasteiger partial charge in [-0.15, -0.1) is 0 Å². The van der Waals surface area contributed by atoms with E-state index in [1.165, 1.54) is 21.7 Å². The van der Waals surface area contributed by atoms with E-state index in [-0.39, 0.29) is 11.4 Å². The molecule has 0 amide bonds. The van der Waals surface area contributed by atoms with Gasteiger partial charge in [-0.25, -0.2) is 0 Å². The van der Waals surface area contributed by atoms with Crippen LogP contribution in [0.25, 0.3) is 16.7 Å². The fourth-order valence-electron chi connectivity index (χ4n) is 4.30. The van der Waals surface area contributed by atoms with E-state index >= 15 is 0 Å². The molecule has 0 saturated carbocycles. The van der Waals surface area contributed by atoms with Crippen LogP contribution in [0, 0.1) is 0 Å². The van der Waals surface area contributed by atoms with Crippen molar-refractivity contribution in [3.05, 3.63) is 40.4 Å². The number of aromatic amines is 1. The molecule has 2 aliphatic heterocycles. The van der Waals surface area contributed by atoms with Crippen molar-refractivity contribution in [1.82, 2.24) is 25.1 Å². The van der Waals surface area contributed by atoms with Crippen molar-refractivity contribution >= 4 is 16.7 Å². The molecule has 0 aliphatic carbocycles. The molecular formula is C21H26IN6O2-. The van der Waals surface area contributed by atoms with Gasteiger partial charge in [0.25, 0.3) is 0 Å². The predicted molar refractivity (Wildman–Crippen MR) is 112 cm³/mol. The Morgan fingerprint density at radius 3 is 2.87 bits per heavy atom. The quantitative estimate of drug-likeness (QED) is 0.283. The summed E-state index contributed by atoms with van der Waals surface area (Å²) in [5.41, 5.74) is 1.32. The third-order valence-electron chi connectivity index (χ3n) is 5.89. The first-order chi connectivity index (χ1) is 14.7. The number of fused-ring (bicyclic) bond motifs is 1. The number of aromatic hydroxyl groups is 1. The van der Waals surface area contributed by atoms with Crippen molar-refractivity contribution in [1.29, 1.82) is 0 Å². The van der Waals surface area contributed by atoms with Crippen molar-refractivity contribution in [3.63, 3.8) is 0 Å². The summed E-state index contributed by atoms with van der Waals surface area (Å²) in [5.74, 6) is 1.54. The predicted octanol–water partition coefficient (Wildman–Crippen LogP) is -1.59. The van der Waals surface area contributed by atoms with E-state index in [4.69, 9.17) is 0 Å². The summed E-state index contributed by atoms with van der Waals surface area (Å²) in [4.78, 5) is 21.4. The minimum absolute atomic E-state index is 0.271. The third kappa shape index (κ3) is 4.04. The summed E-state index contributed by atoms with van der Waals surface area (Å²) in [7, 11) is 0. The number of piperidine rings is 1. The second-order valence-corrected chi connectivity index (χ2v) is 11.2. The number of nitrogens with one attached hydrogen (secondary N) is 2. The van der Waals surface area contributed by atoms with E-state index in [1.54, 1.807) is 16.9 Å². The van der Waals surface area contributed by atoms with Gasteiger partial charge in [0, 0.05) is 6.04 Å². The summed E-state index contributed by atoms with van der Waals surface area (Å²) in [6.45, 7) is 2.97. The number of aromatic nitrogens is 4. The molecule has 2 saturated heterocycles. The number of rotatable bonds is 4. The Morgan fingerprint density at radius 1 is 1.20 bits per heavy atom. The first kappa shape index (κ1) is 19.8. The van der Waals surface area contributed by atoms with Gasteiger partial charge in [-0.2, -0.15) is 0 Å². The average Bonchev–Trinajstić information content (AvgIpc) is 3.17. The SMILES string of the molecule is O=c1nc(N2CC[I-]CC2)cc(-n2ncc3cc(CC4CCCCN4)c(O)cc32)[nH]1. The molecule has 2 fully saturated rings. The van der Waals surface area contributed by atoms with Crippen LogP contribution in [0.2, 0.25) is 0 Å². The van der Waals surface area contributed by atoms with Crippen molar-refractivity contribution in [3.8, 4) is 11.6 Å². The molecule has 0 spiro atoms. The molecule has 8 nitrogen and oxygen atoms in total. The number of hydrogen-bond donors (Lipinski definition) is 3. The number of halogens is 1. The number of hydrogen-bond acceptors (Lipinski definition) is 6. The van der Waals surface area contributed by atoms with Gasteiger partial charge in [-0.1, -0.05) is 6.42 Å². The Bertz CT molecular complexity index is 1100. The number of alkyl halides is 2. The molecule has 5 rings (SSSR count). The van der Waals surface area contributed by atoms with E-state index in [9.17, 15) is 9.90 Å². The molecule has 30 heavy (non-hydrogen) atoms. The normalized spacial score (nSPS) is 20.3. The first-order valence-electron chi connectivity index (χ1n) is 10.5. The maximum absolute atomic E-state index is 12.2. The van der Waals surface area contributed by atoms with Gasteiger partial charge in [-0.3, -0.25) is 0 Å². The van der Waals surface area contributed by atoms with E-state index in [1.807, 2.05) is 12.1 Å². The molecule has 1 atom stereocenters. The van der Waals surface area contributed by atoms with Crippen molar-refractivity contribution < 1.29 is 26.3 Å². The van der Waals surface area contributed by atoms with Crippen LogP contribution in [0.1, 0.15) is 24.8 Å². The van der Waals surface area contributed by atoms with Gasteiger partial charge < -0.3 is 5.32 Å². The third-order valence-corrected chi connectivity index (χ3v) is 8.38. The van der Waals surface area contributed by atoms with Crippen molar-refractivity contribution in [2.24, 2.45) is 0 Å². The zero-order valence-corrected chi connectivity index (χ0v) is 18.9. The van der Waals surface area contributed by atoms with Crippen LogP contribution in [0.15, 0.2) is 29.2 Å². The van der Waals surface area contributed by atoms with Crippen LogP contribution in [0.4, 0.5) is 5.82 Å². The van der Waals surface area contributed by atoms with Gasteiger partial charge >= 0.3 is 148 Å². The summed E-state index contributed by atoms with van der Waals surface area (Å²) in [5, 5.41) is 19.7. The fourth-order valence-corrected chi connectivity index (χ4v) is 6.68. The number of anilines is 1. The zero-order valence-electron chi connectivity index (χ0n) is 16.8. The molecule has 2 aliphatic rings. The van der Waals surface area contributed by atoms with Crippen molar-refractivity contribution in [2.45, 2.75) is 31.7 Å². The Kier molecular flexibility index (Phi) is 5.64. The molecular weight excluding hydrogens is 495 g/mol. The molecule has 0 radical (unpaired) electrons. The number of benzene rings is 1. The summed E-state index contributed by atoms with van der Waals surface area (Å²) in [6.07, 6.45) is 6.18. The standard InChI is InChI=1S/C21H26IN6O2/c29-18-11-17-15(9-14(18)10-16-3-1-2-6-23-16)13-24-28(17)20-12-19(25-21(30)26-20)27-7-4-22-5-8-27/h9,11-13,16,23,29H,1-8,10H2,(H,25,26,30)/q-1. The van der Waals surface area contributed by atoms with E-state index in [2.05, 4.69) is 25.3 Å². The van der Waals surface area contributed by atoms with Crippen LogP contribution in [0.3, 0.4) is 0 Å². The fraction of sp³-hybridized carbons (Fsp3) is 0.476. The van der Waals surface area contributed by atoms with Crippen LogP contribution >= 0.6 is 0 Å². The average molecular weight is 521 g/mol. The molecule has 1 aromatic carbocycles. The van der Waals surface area contributed by atoms with Crippen LogP contribution in [-0.2, 0) is 6.42 Å². The second-order valence-electron chi connectivity index (χ2n) is 7.93. The monoisotopic (exact) mass is 521 g/mol. The summed E-state index contributed by atoms with van der Waals surface area (Å²) >= 11 is 0.300. The Balaban J connectivity index is 1.48. The second kappa shape index (κ2) is 8.54. The van der Waals surface area contributed by atoms with E-state index in [0.29, 0.717) is 38.9 Å². The van der Waals surface area contributed by atoms with Crippen LogP contribution in [-0.4, -0.2) is 59.4 Å². The number of nitrogens with zero attached hydrogens (tertiary/aromatic N) is 4. The first-order valence-corrected chi connectivity index (χ1v) is 13.6. The minimum atomic E-state index is -0.379. The van der Waals surface area contributed by atoms with Gasteiger partial charge in [0.05, 0.1) is 0 Å². The summed E-state index contributed by atoms with van der Waals surface area (Å²) < 4.78 is 4.13. The van der Waals surface area contributed by atoms with E-state index < -0.39 is 0 Å². The maximum atomic E-state index is 12.2. The van der Waals surface area contributed by atoms with E-state index in [0.717, 1.165) is 48.9 Å². The summed E-state index contributed by atoms with van der Waals surface area (Å²) in [6, 6.07) is 6.06. The Morgan fingerprint density at radius 2 is 2.07 bits per heavy atom. The van der Waals surface area contributed by atoms with Gasteiger partial charge in [0.1, 0.15) is 0 Å².